The zero-order chi connectivity index (χ0) is 10.7. The van der Waals surface area contributed by atoms with Crippen LogP contribution >= 0.6 is 0 Å². The van der Waals surface area contributed by atoms with Gasteiger partial charge < -0.3 is 0 Å². The van der Waals surface area contributed by atoms with Gasteiger partial charge in [-0.05, 0) is 44.9 Å². The molecule has 0 amide bonds. The average Bonchev–Trinajstić information content (AvgIpc) is 2.01. The average molecular weight is 191 g/mol. The normalized spacial score (nSPS) is 12.6. The fourth-order valence-electron chi connectivity index (χ4n) is 1.54. The van der Waals surface area contributed by atoms with Crippen LogP contribution in [0, 0.1) is 19.8 Å². The molecule has 1 heterocycles. The molecule has 0 bridgehead atoms. The Morgan fingerprint density at radius 2 is 1.86 bits per heavy atom. The maximum atomic E-state index is 11.1. The maximum Gasteiger partial charge on any atom is 0.132 e. The zero-order valence-electron chi connectivity index (χ0n) is 9.29. The van der Waals surface area contributed by atoms with E-state index in [0.29, 0.717) is 0 Å². The summed E-state index contributed by atoms with van der Waals surface area (Å²) in [6.45, 7) is 7.57. The number of ketones is 1. The van der Waals surface area contributed by atoms with Crippen LogP contribution in [-0.2, 0) is 11.2 Å². The Morgan fingerprint density at radius 1 is 1.36 bits per heavy atom. The molecular weight excluding hydrogens is 174 g/mol. The van der Waals surface area contributed by atoms with Gasteiger partial charge in [-0.15, -0.1) is 0 Å². The Morgan fingerprint density at radius 3 is 2.29 bits per heavy atom. The van der Waals surface area contributed by atoms with Crippen molar-refractivity contribution in [3.63, 3.8) is 0 Å². The number of hydrogen-bond acceptors (Lipinski definition) is 2. The third-order valence-corrected chi connectivity index (χ3v) is 2.38. The summed E-state index contributed by atoms with van der Waals surface area (Å²) in [5, 5.41) is 0. The Labute approximate surface area is 85.4 Å². The molecule has 0 aliphatic rings. The van der Waals surface area contributed by atoms with Crippen LogP contribution in [0.15, 0.2) is 12.1 Å². The van der Waals surface area contributed by atoms with E-state index in [9.17, 15) is 4.79 Å². The van der Waals surface area contributed by atoms with Crippen LogP contribution in [0.2, 0.25) is 0 Å². The summed E-state index contributed by atoms with van der Waals surface area (Å²) in [4.78, 5) is 15.4. The molecule has 1 unspecified atom stereocenters. The quantitative estimate of drug-likeness (QED) is 0.734. The standard InChI is InChI=1S/C12H17NO/c1-8(11(4)14)5-12-6-9(2)13-10(3)7-12/h6-8H,5H2,1-4H3. The van der Waals surface area contributed by atoms with Crippen molar-refractivity contribution >= 4 is 5.78 Å². The van der Waals surface area contributed by atoms with E-state index in [-0.39, 0.29) is 11.7 Å². The van der Waals surface area contributed by atoms with E-state index in [1.807, 2.05) is 32.9 Å². The van der Waals surface area contributed by atoms with Crippen LogP contribution < -0.4 is 0 Å². The highest BCUT2D eigenvalue weighted by atomic mass is 16.1. The van der Waals surface area contributed by atoms with Gasteiger partial charge in [0.2, 0.25) is 0 Å². The molecule has 76 valence electrons. The molecule has 0 N–H and O–H groups in total. The molecule has 0 aromatic carbocycles. The summed E-state index contributed by atoms with van der Waals surface area (Å²) in [6.07, 6.45) is 0.819. The minimum Gasteiger partial charge on any atom is -0.300 e. The second-order valence-electron chi connectivity index (χ2n) is 3.97. The van der Waals surface area contributed by atoms with Crippen LogP contribution in [0.25, 0.3) is 0 Å². The molecule has 0 saturated heterocycles. The first kappa shape index (κ1) is 10.9. The number of nitrogens with zero attached hydrogens (tertiary/aromatic N) is 1. The second kappa shape index (κ2) is 4.36. The molecule has 1 atom stereocenters. The maximum absolute atomic E-state index is 11.1. The van der Waals surface area contributed by atoms with Gasteiger partial charge in [-0.1, -0.05) is 6.92 Å². The van der Waals surface area contributed by atoms with Crippen molar-refractivity contribution in [2.75, 3.05) is 0 Å². The van der Waals surface area contributed by atoms with Crippen molar-refractivity contribution < 1.29 is 4.79 Å². The predicted molar refractivity (Wildman–Crippen MR) is 57.3 cm³/mol. The van der Waals surface area contributed by atoms with E-state index in [1.165, 1.54) is 5.56 Å². The van der Waals surface area contributed by atoms with E-state index in [2.05, 4.69) is 4.98 Å². The fourth-order valence-corrected chi connectivity index (χ4v) is 1.54. The number of Topliss-reactive ketones (excluding diaryl/α,β-unsaturated/α-hetero) is 1. The number of pyridine rings is 1. The van der Waals surface area contributed by atoms with Crippen molar-refractivity contribution in [3.8, 4) is 0 Å². The van der Waals surface area contributed by atoms with Gasteiger partial charge in [-0.25, -0.2) is 0 Å². The third-order valence-electron chi connectivity index (χ3n) is 2.38. The highest BCUT2D eigenvalue weighted by molar-refractivity contribution is 5.78. The number of carbonyl (C=O) groups excluding carboxylic acids is 1. The van der Waals surface area contributed by atoms with Crippen molar-refractivity contribution in [2.45, 2.75) is 34.1 Å². The van der Waals surface area contributed by atoms with Gasteiger partial charge >= 0.3 is 0 Å². The monoisotopic (exact) mass is 191 g/mol. The number of carbonyl (C=O) groups is 1. The topological polar surface area (TPSA) is 30.0 Å². The van der Waals surface area contributed by atoms with Crippen molar-refractivity contribution in [3.05, 3.63) is 29.1 Å². The molecule has 1 rings (SSSR count). The molecule has 1 aromatic rings. The first-order valence-corrected chi connectivity index (χ1v) is 4.93. The highest BCUT2D eigenvalue weighted by Gasteiger charge is 2.08. The molecule has 0 spiro atoms. The van der Waals surface area contributed by atoms with E-state index in [1.54, 1.807) is 6.92 Å². The van der Waals surface area contributed by atoms with Crippen molar-refractivity contribution in [1.29, 1.82) is 0 Å². The van der Waals surface area contributed by atoms with Crippen molar-refractivity contribution in [1.82, 2.24) is 4.98 Å². The fraction of sp³-hybridized carbons (Fsp3) is 0.500. The Balaban J connectivity index is 2.81. The van der Waals surface area contributed by atoms with Crippen molar-refractivity contribution in [2.24, 2.45) is 5.92 Å². The largest absolute Gasteiger partial charge is 0.300 e. The zero-order valence-corrected chi connectivity index (χ0v) is 9.29. The molecule has 14 heavy (non-hydrogen) atoms. The first-order chi connectivity index (χ1) is 6.49. The third kappa shape index (κ3) is 2.95. The van der Waals surface area contributed by atoms with E-state index >= 15 is 0 Å². The molecule has 1 aromatic heterocycles. The molecule has 0 radical (unpaired) electrons. The Bertz CT molecular complexity index is 324. The molecular formula is C12H17NO. The summed E-state index contributed by atoms with van der Waals surface area (Å²) in [5.74, 6) is 0.355. The van der Waals surface area contributed by atoms with Crippen LogP contribution in [0.4, 0.5) is 0 Å². The Hall–Kier alpha value is -1.18. The van der Waals surface area contributed by atoms with Gasteiger partial charge in [0.05, 0.1) is 0 Å². The molecule has 0 aliphatic heterocycles. The first-order valence-electron chi connectivity index (χ1n) is 4.93. The van der Waals surface area contributed by atoms with Gasteiger partial charge in [0.1, 0.15) is 5.78 Å². The smallest absolute Gasteiger partial charge is 0.132 e. The summed E-state index contributed by atoms with van der Waals surface area (Å²) in [6, 6.07) is 4.10. The van der Waals surface area contributed by atoms with Gasteiger partial charge in [0, 0.05) is 17.3 Å². The van der Waals surface area contributed by atoms with Crippen LogP contribution in [0.3, 0.4) is 0 Å². The lowest BCUT2D eigenvalue weighted by molar-refractivity contribution is -0.120. The minimum atomic E-state index is 0.108. The lowest BCUT2D eigenvalue weighted by Gasteiger charge is -2.08. The molecule has 0 saturated carbocycles. The molecule has 0 aliphatic carbocycles. The number of rotatable bonds is 3. The summed E-state index contributed by atoms with van der Waals surface area (Å²) in [5.41, 5.74) is 3.25. The lowest BCUT2D eigenvalue weighted by atomic mass is 9.98. The number of aryl methyl sites for hydroxylation is 2. The van der Waals surface area contributed by atoms with E-state index < -0.39 is 0 Å². The SMILES string of the molecule is CC(=O)C(C)Cc1cc(C)nc(C)c1. The second-order valence-corrected chi connectivity index (χ2v) is 3.97. The Kier molecular flexibility index (Phi) is 3.39. The highest BCUT2D eigenvalue weighted by Crippen LogP contribution is 2.11. The van der Waals surface area contributed by atoms with E-state index in [4.69, 9.17) is 0 Å². The van der Waals surface area contributed by atoms with Gasteiger partial charge in [-0.3, -0.25) is 9.78 Å². The van der Waals surface area contributed by atoms with Gasteiger partial charge in [-0.2, -0.15) is 0 Å². The molecule has 0 fully saturated rings. The molecule has 2 nitrogen and oxygen atoms in total. The van der Waals surface area contributed by atoms with Gasteiger partial charge in [0.25, 0.3) is 0 Å². The number of aromatic nitrogens is 1. The summed E-state index contributed by atoms with van der Waals surface area (Å²) >= 11 is 0. The van der Waals surface area contributed by atoms with E-state index in [0.717, 1.165) is 17.8 Å². The number of hydrogen-bond donors (Lipinski definition) is 0. The van der Waals surface area contributed by atoms with Gasteiger partial charge in [0.15, 0.2) is 0 Å². The summed E-state index contributed by atoms with van der Waals surface area (Å²) in [7, 11) is 0. The van der Waals surface area contributed by atoms with Crippen LogP contribution in [0.1, 0.15) is 30.8 Å². The molecule has 2 heteroatoms. The minimum absolute atomic E-state index is 0.108. The lowest BCUT2D eigenvalue weighted by Crippen LogP contribution is -2.09. The predicted octanol–water partition coefficient (Wildman–Crippen LogP) is 2.47. The van der Waals surface area contributed by atoms with Crippen LogP contribution in [0.5, 0.6) is 0 Å². The van der Waals surface area contributed by atoms with Crippen LogP contribution in [-0.4, -0.2) is 10.8 Å². The summed E-state index contributed by atoms with van der Waals surface area (Å²) < 4.78 is 0.